The van der Waals surface area contributed by atoms with Crippen LogP contribution in [0.2, 0.25) is 0 Å². The second-order valence-electron chi connectivity index (χ2n) is 4.91. The standard InChI is InChI=1S/C14H16N4O5S/c1-4-23-14(20)12-8(2)9(3)24-13(12)16-11(19)7-17-6-10(5-15-17)18(21)22/h5-6H,4,7H2,1-3H3,(H,16,19). The number of hydrogen-bond donors (Lipinski definition) is 1. The van der Waals surface area contributed by atoms with Crippen molar-refractivity contribution < 1.29 is 19.2 Å². The van der Waals surface area contributed by atoms with Crippen molar-refractivity contribution in [3.05, 3.63) is 38.5 Å². The molecule has 2 heterocycles. The number of nitrogens with zero attached hydrogens (tertiary/aromatic N) is 3. The normalized spacial score (nSPS) is 10.5. The summed E-state index contributed by atoms with van der Waals surface area (Å²) in [4.78, 5) is 35.1. The molecule has 10 heteroatoms. The van der Waals surface area contributed by atoms with Crippen LogP contribution in [0.1, 0.15) is 27.7 Å². The Bertz CT molecular complexity index is 795. The Morgan fingerprint density at radius 1 is 1.46 bits per heavy atom. The predicted octanol–water partition coefficient (Wildman–Crippen LogP) is 2.29. The van der Waals surface area contributed by atoms with Crippen molar-refractivity contribution in [3.63, 3.8) is 0 Å². The molecule has 2 aromatic heterocycles. The number of nitro groups is 1. The van der Waals surface area contributed by atoms with Gasteiger partial charge in [-0.25, -0.2) is 4.79 Å². The average molecular weight is 352 g/mol. The first kappa shape index (κ1) is 17.6. The predicted molar refractivity (Wildman–Crippen MR) is 87.3 cm³/mol. The van der Waals surface area contributed by atoms with Gasteiger partial charge in [-0.1, -0.05) is 0 Å². The molecule has 0 spiro atoms. The number of anilines is 1. The van der Waals surface area contributed by atoms with Crippen molar-refractivity contribution in [2.24, 2.45) is 0 Å². The summed E-state index contributed by atoms with van der Waals surface area (Å²) >= 11 is 1.27. The summed E-state index contributed by atoms with van der Waals surface area (Å²) in [7, 11) is 0. The maximum absolute atomic E-state index is 12.1. The number of aromatic nitrogens is 2. The number of hydrogen-bond acceptors (Lipinski definition) is 7. The van der Waals surface area contributed by atoms with E-state index in [1.165, 1.54) is 11.3 Å². The molecule has 0 atom stereocenters. The Morgan fingerprint density at radius 3 is 2.75 bits per heavy atom. The van der Waals surface area contributed by atoms with Crippen LogP contribution in [-0.2, 0) is 16.1 Å². The van der Waals surface area contributed by atoms with Crippen LogP contribution >= 0.6 is 11.3 Å². The first-order chi connectivity index (χ1) is 11.3. The molecule has 0 unspecified atom stereocenters. The maximum atomic E-state index is 12.1. The molecule has 0 saturated carbocycles. The fourth-order valence-corrected chi connectivity index (χ4v) is 3.08. The number of nitrogens with one attached hydrogen (secondary N) is 1. The topological polar surface area (TPSA) is 116 Å². The van der Waals surface area contributed by atoms with Crippen molar-refractivity contribution in [1.29, 1.82) is 0 Å². The highest BCUT2D eigenvalue weighted by Crippen LogP contribution is 2.33. The lowest BCUT2D eigenvalue weighted by Crippen LogP contribution is -2.20. The van der Waals surface area contributed by atoms with Gasteiger partial charge in [0.1, 0.15) is 23.9 Å². The fraction of sp³-hybridized carbons (Fsp3) is 0.357. The van der Waals surface area contributed by atoms with Gasteiger partial charge in [0.05, 0.1) is 17.1 Å². The Hall–Kier alpha value is -2.75. The summed E-state index contributed by atoms with van der Waals surface area (Å²) in [5.74, 6) is -0.941. The number of ether oxygens (including phenoxy) is 1. The zero-order valence-electron chi connectivity index (χ0n) is 13.4. The van der Waals surface area contributed by atoms with Crippen LogP contribution in [0.25, 0.3) is 0 Å². The number of carbonyl (C=O) groups is 2. The van der Waals surface area contributed by atoms with Crippen molar-refractivity contribution in [1.82, 2.24) is 9.78 Å². The average Bonchev–Trinajstić information content (AvgIpc) is 3.05. The molecule has 1 amide bonds. The molecule has 0 radical (unpaired) electrons. The lowest BCUT2D eigenvalue weighted by molar-refractivity contribution is -0.385. The third-order valence-electron chi connectivity index (χ3n) is 3.25. The molecule has 0 saturated heterocycles. The van der Waals surface area contributed by atoms with Gasteiger partial charge in [-0.2, -0.15) is 5.10 Å². The molecular weight excluding hydrogens is 336 g/mol. The number of rotatable bonds is 6. The van der Waals surface area contributed by atoms with E-state index in [-0.39, 0.29) is 18.8 Å². The minimum absolute atomic E-state index is 0.196. The first-order valence-corrected chi connectivity index (χ1v) is 7.89. The smallest absolute Gasteiger partial charge is 0.341 e. The van der Waals surface area contributed by atoms with Crippen LogP contribution < -0.4 is 5.32 Å². The lowest BCUT2D eigenvalue weighted by Gasteiger charge is -2.07. The summed E-state index contributed by atoms with van der Waals surface area (Å²) in [6.07, 6.45) is 2.23. The third-order valence-corrected chi connectivity index (χ3v) is 4.38. The van der Waals surface area contributed by atoms with E-state index in [0.29, 0.717) is 10.6 Å². The van der Waals surface area contributed by atoms with Gasteiger partial charge >= 0.3 is 11.7 Å². The molecule has 0 aromatic carbocycles. The summed E-state index contributed by atoms with van der Waals surface area (Å²) in [6.45, 7) is 5.36. The molecule has 0 bridgehead atoms. The summed E-state index contributed by atoms with van der Waals surface area (Å²) < 4.78 is 6.17. The Kier molecular flexibility index (Phi) is 5.29. The van der Waals surface area contributed by atoms with Gasteiger partial charge in [-0.05, 0) is 26.3 Å². The number of amides is 1. The van der Waals surface area contributed by atoms with Gasteiger partial charge < -0.3 is 10.1 Å². The highest BCUT2D eigenvalue weighted by molar-refractivity contribution is 7.16. The van der Waals surface area contributed by atoms with Crippen LogP contribution in [0.4, 0.5) is 10.7 Å². The van der Waals surface area contributed by atoms with E-state index in [2.05, 4.69) is 10.4 Å². The van der Waals surface area contributed by atoms with Crippen LogP contribution in [-0.4, -0.2) is 33.2 Å². The molecule has 0 aliphatic carbocycles. The van der Waals surface area contributed by atoms with Crippen molar-refractivity contribution in [2.45, 2.75) is 27.3 Å². The number of thiophene rings is 1. The van der Waals surface area contributed by atoms with E-state index in [9.17, 15) is 19.7 Å². The van der Waals surface area contributed by atoms with Crippen molar-refractivity contribution in [3.8, 4) is 0 Å². The summed E-state index contributed by atoms with van der Waals surface area (Å²) in [5, 5.41) is 17.4. The van der Waals surface area contributed by atoms with Gasteiger partial charge in [0.25, 0.3) is 0 Å². The Morgan fingerprint density at radius 2 is 2.17 bits per heavy atom. The van der Waals surface area contributed by atoms with Crippen LogP contribution in [0.5, 0.6) is 0 Å². The van der Waals surface area contributed by atoms with E-state index >= 15 is 0 Å². The van der Waals surface area contributed by atoms with Gasteiger partial charge in [-0.3, -0.25) is 19.6 Å². The molecule has 0 aliphatic heterocycles. The number of aryl methyl sites for hydroxylation is 1. The molecule has 1 N–H and O–H groups in total. The van der Waals surface area contributed by atoms with Gasteiger partial charge in [0, 0.05) is 4.88 Å². The fourth-order valence-electron chi connectivity index (χ4n) is 2.01. The van der Waals surface area contributed by atoms with E-state index in [0.717, 1.165) is 27.5 Å². The molecular formula is C14H16N4O5S. The zero-order valence-corrected chi connectivity index (χ0v) is 14.2. The van der Waals surface area contributed by atoms with E-state index in [1.807, 2.05) is 6.92 Å². The molecule has 24 heavy (non-hydrogen) atoms. The molecule has 0 fully saturated rings. The maximum Gasteiger partial charge on any atom is 0.341 e. The minimum atomic E-state index is -0.591. The first-order valence-electron chi connectivity index (χ1n) is 7.07. The van der Waals surface area contributed by atoms with E-state index in [4.69, 9.17) is 4.74 Å². The monoisotopic (exact) mass is 352 g/mol. The van der Waals surface area contributed by atoms with Crippen LogP contribution in [0, 0.1) is 24.0 Å². The molecule has 0 aliphatic rings. The largest absolute Gasteiger partial charge is 0.462 e. The molecule has 9 nitrogen and oxygen atoms in total. The zero-order chi connectivity index (χ0) is 17.9. The molecule has 128 valence electrons. The lowest BCUT2D eigenvalue weighted by atomic mass is 10.1. The highest BCUT2D eigenvalue weighted by Gasteiger charge is 2.22. The Balaban J connectivity index is 2.15. The number of carbonyl (C=O) groups excluding carboxylic acids is 2. The van der Waals surface area contributed by atoms with Gasteiger partial charge in [-0.15, -0.1) is 11.3 Å². The van der Waals surface area contributed by atoms with Gasteiger partial charge in [0.15, 0.2) is 0 Å². The van der Waals surface area contributed by atoms with E-state index < -0.39 is 16.8 Å². The summed E-state index contributed by atoms with van der Waals surface area (Å²) in [6, 6.07) is 0. The van der Waals surface area contributed by atoms with Gasteiger partial charge in [0.2, 0.25) is 5.91 Å². The highest BCUT2D eigenvalue weighted by atomic mass is 32.1. The van der Waals surface area contributed by atoms with Crippen LogP contribution in [0.15, 0.2) is 12.4 Å². The second-order valence-corrected chi connectivity index (χ2v) is 6.13. The quantitative estimate of drug-likeness (QED) is 0.484. The van der Waals surface area contributed by atoms with Crippen LogP contribution in [0.3, 0.4) is 0 Å². The molecule has 2 rings (SSSR count). The minimum Gasteiger partial charge on any atom is -0.462 e. The SMILES string of the molecule is CCOC(=O)c1c(NC(=O)Cn2cc([N+](=O)[O-])cn2)sc(C)c1C. The van der Waals surface area contributed by atoms with Crippen molar-refractivity contribution in [2.75, 3.05) is 11.9 Å². The Labute approximate surface area is 141 Å². The third kappa shape index (κ3) is 3.77. The summed E-state index contributed by atoms with van der Waals surface area (Å²) in [5.41, 5.74) is 0.889. The van der Waals surface area contributed by atoms with E-state index in [1.54, 1.807) is 13.8 Å². The second kappa shape index (κ2) is 7.21. The number of esters is 1. The molecule has 2 aromatic rings. The van der Waals surface area contributed by atoms with Crippen molar-refractivity contribution >= 4 is 33.9 Å².